The first-order chi connectivity index (χ1) is 9.62. The van der Waals surface area contributed by atoms with Crippen molar-refractivity contribution >= 4 is 34.4 Å². The molecule has 0 aliphatic rings. The van der Waals surface area contributed by atoms with Crippen molar-refractivity contribution in [1.82, 2.24) is 9.55 Å². The maximum atomic E-state index is 13.8. The van der Waals surface area contributed by atoms with E-state index >= 15 is 0 Å². The van der Waals surface area contributed by atoms with Crippen LogP contribution < -0.4 is 4.74 Å². The first-order valence-corrected chi connectivity index (χ1v) is 8.19. The fourth-order valence-electron chi connectivity index (χ4n) is 2.25. The molecule has 0 fully saturated rings. The van der Waals surface area contributed by atoms with E-state index < -0.39 is 5.82 Å². The van der Waals surface area contributed by atoms with Crippen molar-refractivity contribution in [2.24, 2.45) is 0 Å². The van der Waals surface area contributed by atoms with E-state index in [1.54, 1.807) is 6.07 Å². The van der Waals surface area contributed by atoms with Crippen LogP contribution >= 0.6 is 23.4 Å². The minimum atomic E-state index is -0.402. The van der Waals surface area contributed by atoms with E-state index in [0.29, 0.717) is 11.4 Å². The van der Waals surface area contributed by atoms with Crippen LogP contribution in [0.25, 0.3) is 11.0 Å². The Morgan fingerprint density at radius 2 is 2.25 bits per heavy atom. The summed E-state index contributed by atoms with van der Waals surface area (Å²) < 4.78 is 20.9. The second kappa shape index (κ2) is 6.68. The number of imidazole rings is 1. The van der Waals surface area contributed by atoms with Gasteiger partial charge < -0.3 is 9.30 Å². The van der Waals surface area contributed by atoms with Crippen LogP contribution in [0.4, 0.5) is 4.39 Å². The smallest absolute Gasteiger partial charge is 0.167 e. The molecular formula is C14H18ClFN2OS. The summed E-state index contributed by atoms with van der Waals surface area (Å²) >= 11 is 7.84. The summed E-state index contributed by atoms with van der Waals surface area (Å²) in [6, 6.07) is 3.34. The number of halogens is 2. The molecule has 0 aliphatic heterocycles. The Hall–Kier alpha value is -0.940. The number of hydrogen-bond acceptors (Lipinski definition) is 3. The lowest BCUT2D eigenvalue weighted by molar-refractivity contribution is 0.387. The molecule has 1 aromatic carbocycles. The number of ether oxygens (including phenoxy) is 1. The highest BCUT2D eigenvalue weighted by molar-refractivity contribution is 7.99. The summed E-state index contributed by atoms with van der Waals surface area (Å²) in [5.74, 6) is 2.92. The number of aromatic nitrogens is 2. The highest BCUT2D eigenvalue weighted by Gasteiger charge is 2.17. The number of thioether (sulfide) groups is 1. The molecule has 6 heteroatoms. The molecule has 0 amide bonds. The van der Waals surface area contributed by atoms with Crippen LogP contribution in [0.5, 0.6) is 5.75 Å². The third-order valence-electron chi connectivity index (χ3n) is 3.16. The molecular weight excluding hydrogens is 299 g/mol. The molecule has 1 unspecified atom stereocenters. The van der Waals surface area contributed by atoms with Gasteiger partial charge in [-0.25, -0.2) is 9.37 Å². The van der Waals surface area contributed by atoms with Gasteiger partial charge in [0.05, 0.1) is 24.0 Å². The lowest BCUT2D eigenvalue weighted by Gasteiger charge is -2.16. The molecule has 0 bridgehead atoms. The summed E-state index contributed by atoms with van der Waals surface area (Å²) in [6.45, 7) is 4.25. The van der Waals surface area contributed by atoms with Crippen molar-refractivity contribution in [3.05, 3.63) is 23.8 Å². The van der Waals surface area contributed by atoms with Crippen LogP contribution in [0.15, 0.2) is 12.1 Å². The lowest BCUT2D eigenvalue weighted by atomic mass is 10.2. The van der Waals surface area contributed by atoms with Gasteiger partial charge in [-0.15, -0.1) is 11.6 Å². The minimum absolute atomic E-state index is 0.232. The number of rotatable bonds is 6. The van der Waals surface area contributed by atoms with Crippen molar-refractivity contribution in [2.45, 2.75) is 25.8 Å². The Bertz CT molecular complexity index is 602. The fraction of sp³-hybridized carbons (Fsp3) is 0.500. The highest BCUT2D eigenvalue weighted by Crippen LogP contribution is 2.29. The molecule has 0 N–H and O–H groups in total. The zero-order valence-electron chi connectivity index (χ0n) is 11.8. The number of benzene rings is 1. The molecule has 2 aromatic rings. The lowest BCUT2D eigenvalue weighted by Crippen LogP contribution is -2.11. The van der Waals surface area contributed by atoms with Crippen molar-refractivity contribution in [1.29, 1.82) is 0 Å². The molecule has 110 valence electrons. The van der Waals surface area contributed by atoms with Gasteiger partial charge in [-0.1, -0.05) is 6.92 Å². The van der Waals surface area contributed by atoms with E-state index in [1.165, 1.54) is 13.2 Å². The standard InChI is InChI=1S/C14H18ClFN2OS/c1-4-20-8-9(2)18-12-6-13(19-3)10(16)5-11(12)17-14(18)7-15/h5-6,9H,4,7-8H2,1-3H3. The van der Waals surface area contributed by atoms with E-state index in [1.807, 2.05) is 11.8 Å². The zero-order valence-corrected chi connectivity index (χ0v) is 13.4. The van der Waals surface area contributed by atoms with Gasteiger partial charge in [0.15, 0.2) is 11.6 Å². The Labute approximate surface area is 127 Å². The molecule has 0 saturated carbocycles. The number of fused-ring (bicyclic) bond motifs is 1. The number of methoxy groups -OCH3 is 1. The molecule has 0 saturated heterocycles. The Morgan fingerprint density at radius 3 is 2.85 bits per heavy atom. The van der Waals surface area contributed by atoms with Crippen LogP contribution in [0, 0.1) is 5.82 Å². The van der Waals surface area contributed by atoms with Gasteiger partial charge in [0.1, 0.15) is 5.82 Å². The molecule has 20 heavy (non-hydrogen) atoms. The largest absolute Gasteiger partial charge is 0.494 e. The second-order valence-electron chi connectivity index (χ2n) is 4.52. The van der Waals surface area contributed by atoms with Crippen LogP contribution in [-0.4, -0.2) is 28.2 Å². The predicted molar refractivity (Wildman–Crippen MR) is 83.5 cm³/mol. The van der Waals surface area contributed by atoms with E-state index in [9.17, 15) is 4.39 Å². The first kappa shape index (κ1) is 15.4. The summed E-state index contributed by atoms with van der Waals surface area (Å²) in [7, 11) is 1.46. The fourth-order valence-corrected chi connectivity index (χ4v) is 3.17. The summed E-state index contributed by atoms with van der Waals surface area (Å²) in [6.07, 6.45) is 0. The van der Waals surface area contributed by atoms with E-state index in [4.69, 9.17) is 16.3 Å². The van der Waals surface area contributed by atoms with Crippen LogP contribution in [-0.2, 0) is 5.88 Å². The second-order valence-corrected chi connectivity index (χ2v) is 6.10. The van der Waals surface area contributed by atoms with Crippen LogP contribution in [0.2, 0.25) is 0 Å². The molecule has 2 rings (SSSR count). The monoisotopic (exact) mass is 316 g/mol. The van der Waals surface area contributed by atoms with Gasteiger partial charge in [-0.3, -0.25) is 0 Å². The third kappa shape index (κ3) is 2.88. The maximum absolute atomic E-state index is 13.8. The van der Waals surface area contributed by atoms with Gasteiger partial charge >= 0.3 is 0 Å². The van der Waals surface area contributed by atoms with Crippen molar-refractivity contribution in [2.75, 3.05) is 18.6 Å². The highest BCUT2D eigenvalue weighted by atomic mass is 35.5. The van der Waals surface area contributed by atoms with Crippen molar-refractivity contribution in [3.8, 4) is 5.75 Å². The molecule has 0 aliphatic carbocycles. The first-order valence-electron chi connectivity index (χ1n) is 6.50. The summed E-state index contributed by atoms with van der Waals surface area (Å²) in [4.78, 5) is 4.42. The summed E-state index contributed by atoms with van der Waals surface area (Å²) in [5, 5.41) is 0. The Balaban J connectivity index is 2.54. The predicted octanol–water partition coefficient (Wildman–Crippen LogP) is 4.24. The van der Waals surface area contributed by atoms with Gasteiger partial charge in [-0.2, -0.15) is 11.8 Å². The van der Waals surface area contributed by atoms with Gasteiger partial charge in [0.25, 0.3) is 0 Å². The maximum Gasteiger partial charge on any atom is 0.167 e. The zero-order chi connectivity index (χ0) is 14.7. The number of hydrogen-bond donors (Lipinski definition) is 0. The van der Waals surface area contributed by atoms with Crippen molar-refractivity contribution < 1.29 is 9.13 Å². The van der Waals surface area contributed by atoms with E-state index in [-0.39, 0.29) is 11.8 Å². The van der Waals surface area contributed by atoms with Crippen molar-refractivity contribution in [3.63, 3.8) is 0 Å². The molecule has 1 aromatic heterocycles. The van der Waals surface area contributed by atoms with E-state index in [0.717, 1.165) is 22.8 Å². The Kier molecular flexibility index (Phi) is 5.16. The number of nitrogens with zero attached hydrogens (tertiary/aromatic N) is 2. The quantitative estimate of drug-likeness (QED) is 0.746. The SMILES string of the molecule is CCSCC(C)n1c(CCl)nc2cc(F)c(OC)cc21. The topological polar surface area (TPSA) is 27.1 Å². The molecule has 1 heterocycles. The van der Waals surface area contributed by atoms with Gasteiger partial charge in [0.2, 0.25) is 0 Å². The average molecular weight is 317 g/mol. The molecule has 3 nitrogen and oxygen atoms in total. The summed E-state index contributed by atoms with van der Waals surface area (Å²) in [5.41, 5.74) is 1.48. The van der Waals surface area contributed by atoms with Gasteiger partial charge in [0, 0.05) is 23.9 Å². The molecule has 1 atom stereocenters. The molecule has 0 radical (unpaired) electrons. The molecule has 0 spiro atoms. The van der Waals surface area contributed by atoms with Gasteiger partial charge in [-0.05, 0) is 12.7 Å². The van der Waals surface area contributed by atoms with Crippen LogP contribution in [0.3, 0.4) is 0 Å². The Morgan fingerprint density at radius 1 is 1.50 bits per heavy atom. The average Bonchev–Trinajstić information content (AvgIpc) is 2.81. The minimum Gasteiger partial charge on any atom is -0.494 e. The third-order valence-corrected chi connectivity index (χ3v) is 4.52. The van der Waals surface area contributed by atoms with Crippen LogP contribution in [0.1, 0.15) is 25.7 Å². The normalized spacial score (nSPS) is 12.8. The van der Waals surface area contributed by atoms with E-state index in [2.05, 4.69) is 23.4 Å². The number of alkyl halides is 1.